The molecule has 2 aromatic rings. The highest BCUT2D eigenvalue weighted by atomic mass is 16.2. The van der Waals surface area contributed by atoms with E-state index in [0.29, 0.717) is 17.5 Å². The summed E-state index contributed by atoms with van der Waals surface area (Å²) in [6.45, 7) is 8.13. The van der Waals surface area contributed by atoms with Gasteiger partial charge in [0.15, 0.2) is 5.78 Å². The summed E-state index contributed by atoms with van der Waals surface area (Å²) >= 11 is 0. The molecule has 2 atom stereocenters. The summed E-state index contributed by atoms with van der Waals surface area (Å²) in [7, 11) is 0. The third-order valence-electron chi connectivity index (χ3n) is 5.50. The van der Waals surface area contributed by atoms with Crippen molar-refractivity contribution >= 4 is 11.8 Å². The van der Waals surface area contributed by atoms with Gasteiger partial charge in [-0.2, -0.15) is 9.78 Å². The van der Waals surface area contributed by atoms with E-state index in [1.807, 2.05) is 4.90 Å². The van der Waals surface area contributed by atoms with Gasteiger partial charge in [-0.05, 0) is 30.4 Å². The molecule has 1 aromatic carbocycles. The number of carbonyl (C=O) groups excluding carboxylic acids is 2. The molecule has 6 nitrogen and oxygen atoms in total. The average Bonchev–Trinajstić information content (AvgIpc) is 3.30. The zero-order valence-electron chi connectivity index (χ0n) is 15.3. The molecule has 0 spiro atoms. The number of likely N-dealkylation sites (tertiary alicyclic amines) is 2. The predicted molar refractivity (Wildman–Crippen MR) is 98.0 cm³/mol. The molecule has 6 heteroatoms. The van der Waals surface area contributed by atoms with Crippen molar-refractivity contribution in [2.45, 2.75) is 20.4 Å². The first-order valence-corrected chi connectivity index (χ1v) is 9.13. The van der Waals surface area contributed by atoms with Gasteiger partial charge < -0.3 is 4.90 Å². The van der Waals surface area contributed by atoms with Crippen molar-refractivity contribution in [3.63, 3.8) is 0 Å². The number of carbonyl (C=O) groups is 2. The first-order valence-electron chi connectivity index (χ1n) is 9.13. The molecule has 1 aromatic heterocycles. The fourth-order valence-corrected chi connectivity index (χ4v) is 4.09. The van der Waals surface area contributed by atoms with Crippen molar-refractivity contribution in [1.29, 1.82) is 0 Å². The SMILES string of the molecule is CC(=O)c1ccn(C(=O)N2CC3CN(Cc4ccc(C)cc4)CC3C2)n1. The maximum Gasteiger partial charge on any atom is 0.344 e. The van der Waals surface area contributed by atoms with Crippen molar-refractivity contribution in [2.24, 2.45) is 11.8 Å². The number of ketones is 1. The topological polar surface area (TPSA) is 58.4 Å². The molecular formula is C20H24N4O2. The van der Waals surface area contributed by atoms with E-state index in [0.717, 1.165) is 32.7 Å². The lowest BCUT2D eigenvalue weighted by atomic mass is 10.0. The zero-order valence-corrected chi connectivity index (χ0v) is 15.3. The number of Topliss-reactive ketones (excluding diaryl/α,β-unsaturated/α-hetero) is 1. The molecule has 1 amide bonds. The molecule has 2 unspecified atom stereocenters. The fourth-order valence-electron chi connectivity index (χ4n) is 4.09. The van der Waals surface area contributed by atoms with Crippen LogP contribution in [0.2, 0.25) is 0 Å². The molecule has 26 heavy (non-hydrogen) atoms. The van der Waals surface area contributed by atoms with Crippen LogP contribution >= 0.6 is 0 Å². The highest BCUT2D eigenvalue weighted by Crippen LogP contribution is 2.32. The minimum atomic E-state index is -0.128. The predicted octanol–water partition coefficient (Wildman–Crippen LogP) is 2.43. The zero-order chi connectivity index (χ0) is 18.3. The van der Waals surface area contributed by atoms with Gasteiger partial charge in [-0.15, -0.1) is 0 Å². The first kappa shape index (κ1) is 17.0. The van der Waals surface area contributed by atoms with E-state index < -0.39 is 0 Å². The first-order chi connectivity index (χ1) is 12.5. The lowest BCUT2D eigenvalue weighted by molar-refractivity contribution is 0.101. The van der Waals surface area contributed by atoms with E-state index in [9.17, 15) is 9.59 Å². The number of fused-ring (bicyclic) bond motifs is 1. The van der Waals surface area contributed by atoms with Gasteiger partial charge in [-0.3, -0.25) is 9.69 Å². The summed E-state index contributed by atoms with van der Waals surface area (Å²) in [4.78, 5) is 28.3. The largest absolute Gasteiger partial charge is 0.344 e. The fraction of sp³-hybridized carbons (Fsp3) is 0.450. The molecule has 0 aliphatic carbocycles. The molecule has 2 saturated heterocycles. The molecule has 0 saturated carbocycles. The van der Waals surface area contributed by atoms with Crippen LogP contribution in [0, 0.1) is 18.8 Å². The highest BCUT2D eigenvalue weighted by Gasteiger charge is 2.41. The van der Waals surface area contributed by atoms with Crippen molar-refractivity contribution in [1.82, 2.24) is 19.6 Å². The Hall–Kier alpha value is -2.47. The molecule has 3 heterocycles. The Labute approximate surface area is 153 Å². The quantitative estimate of drug-likeness (QED) is 0.796. The van der Waals surface area contributed by atoms with E-state index in [4.69, 9.17) is 0 Å². The van der Waals surface area contributed by atoms with Crippen molar-refractivity contribution in [3.05, 3.63) is 53.3 Å². The standard InChI is InChI=1S/C20H24N4O2/c1-14-3-5-16(6-4-14)9-22-10-17-12-23(13-18(17)11-22)20(26)24-8-7-19(21-24)15(2)25/h3-8,17-18H,9-13H2,1-2H3. The lowest BCUT2D eigenvalue weighted by Gasteiger charge is -2.21. The Bertz CT molecular complexity index is 813. The summed E-state index contributed by atoms with van der Waals surface area (Å²) in [5.74, 6) is 0.918. The lowest BCUT2D eigenvalue weighted by Crippen LogP contribution is -2.36. The summed E-state index contributed by atoms with van der Waals surface area (Å²) in [6, 6.07) is 10.2. The number of nitrogens with zero attached hydrogens (tertiary/aromatic N) is 4. The van der Waals surface area contributed by atoms with Crippen LogP contribution in [0.5, 0.6) is 0 Å². The summed E-state index contributed by atoms with van der Waals surface area (Å²) in [6.07, 6.45) is 1.58. The molecule has 0 N–H and O–H groups in total. The van der Waals surface area contributed by atoms with Gasteiger partial charge in [-0.1, -0.05) is 29.8 Å². The molecule has 136 valence electrons. The number of aryl methyl sites for hydroxylation is 1. The Kier molecular flexibility index (Phi) is 4.36. The molecular weight excluding hydrogens is 328 g/mol. The van der Waals surface area contributed by atoms with Gasteiger partial charge in [0.2, 0.25) is 0 Å². The van der Waals surface area contributed by atoms with Crippen LogP contribution in [0.15, 0.2) is 36.5 Å². The second kappa shape index (κ2) is 6.68. The van der Waals surface area contributed by atoms with Crippen LogP contribution < -0.4 is 0 Å². The Balaban J connectivity index is 1.34. The van der Waals surface area contributed by atoms with Gasteiger partial charge in [0.05, 0.1) is 0 Å². The molecule has 2 aliphatic heterocycles. The third kappa shape index (κ3) is 3.29. The minimum Gasteiger partial charge on any atom is -0.322 e. The maximum atomic E-state index is 12.6. The van der Waals surface area contributed by atoms with Gasteiger partial charge in [0, 0.05) is 45.8 Å². The van der Waals surface area contributed by atoms with E-state index in [2.05, 4.69) is 41.2 Å². The average molecular weight is 352 g/mol. The van der Waals surface area contributed by atoms with Crippen LogP contribution in [0.3, 0.4) is 0 Å². The molecule has 4 rings (SSSR count). The van der Waals surface area contributed by atoms with Crippen LogP contribution in [-0.2, 0) is 6.54 Å². The van der Waals surface area contributed by atoms with Gasteiger partial charge >= 0.3 is 6.03 Å². The van der Waals surface area contributed by atoms with Crippen LogP contribution in [0.4, 0.5) is 4.79 Å². The van der Waals surface area contributed by atoms with Gasteiger partial charge in [-0.25, -0.2) is 4.79 Å². The van der Waals surface area contributed by atoms with E-state index in [1.165, 1.54) is 22.7 Å². The maximum absolute atomic E-state index is 12.6. The van der Waals surface area contributed by atoms with Gasteiger partial charge in [0.1, 0.15) is 5.69 Å². The van der Waals surface area contributed by atoms with Crippen molar-refractivity contribution in [2.75, 3.05) is 26.2 Å². The molecule has 0 radical (unpaired) electrons. The molecule has 2 aliphatic rings. The summed E-state index contributed by atoms with van der Waals surface area (Å²) in [5.41, 5.74) is 2.96. The number of benzene rings is 1. The van der Waals surface area contributed by atoms with E-state index in [-0.39, 0.29) is 11.8 Å². The Morgan fingerprint density at radius 2 is 1.69 bits per heavy atom. The number of hydrogen-bond donors (Lipinski definition) is 0. The van der Waals surface area contributed by atoms with E-state index >= 15 is 0 Å². The normalized spacial score (nSPS) is 22.6. The molecule has 0 bridgehead atoms. The Morgan fingerprint density at radius 3 is 2.27 bits per heavy atom. The number of rotatable bonds is 3. The van der Waals surface area contributed by atoms with E-state index in [1.54, 1.807) is 12.3 Å². The van der Waals surface area contributed by atoms with Crippen LogP contribution in [0.1, 0.15) is 28.5 Å². The highest BCUT2D eigenvalue weighted by molar-refractivity contribution is 5.92. The summed E-state index contributed by atoms with van der Waals surface area (Å²) in [5, 5.41) is 4.09. The van der Waals surface area contributed by atoms with Crippen molar-refractivity contribution < 1.29 is 9.59 Å². The number of aromatic nitrogens is 2. The second-order valence-corrected chi connectivity index (χ2v) is 7.59. The smallest absolute Gasteiger partial charge is 0.322 e. The number of amides is 1. The monoisotopic (exact) mass is 352 g/mol. The second-order valence-electron chi connectivity index (χ2n) is 7.59. The Morgan fingerprint density at radius 1 is 1.04 bits per heavy atom. The third-order valence-corrected chi connectivity index (χ3v) is 5.50. The summed E-state index contributed by atoms with van der Waals surface area (Å²) < 4.78 is 1.29. The minimum absolute atomic E-state index is 0.124. The van der Waals surface area contributed by atoms with Crippen LogP contribution in [-0.4, -0.2) is 57.6 Å². The molecule has 2 fully saturated rings. The van der Waals surface area contributed by atoms with Gasteiger partial charge in [0.25, 0.3) is 0 Å². The van der Waals surface area contributed by atoms with Crippen molar-refractivity contribution in [3.8, 4) is 0 Å². The van der Waals surface area contributed by atoms with Crippen LogP contribution in [0.25, 0.3) is 0 Å². The number of hydrogen-bond acceptors (Lipinski definition) is 4.